The lowest BCUT2D eigenvalue weighted by Gasteiger charge is -2.56. The van der Waals surface area contributed by atoms with Crippen LogP contribution in [0.15, 0.2) is 24.3 Å². The second-order valence-electron chi connectivity index (χ2n) is 12.5. The Bertz CT molecular complexity index is 996. The van der Waals surface area contributed by atoms with E-state index < -0.39 is 0 Å². The van der Waals surface area contributed by atoms with E-state index in [1.807, 2.05) is 23.1 Å². The quantitative estimate of drug-likeness (QED) is 0.635. The molecule has 6 aliphatic rings. The number of likely N-dealkylation sites (tertiary alicyclic amines) is 2. The lowest BCUT2D eigenvalue weighted by Crippen LogP contribution is -2.56. The fourth-order valence-electron chi connectivity index (χ4n) is 8.57. The topological polar surface area (TPSA) is 95.7 Å². The number of carbonyl (C=O) groups is 3. The zero-order valence-electron chi connectivity index (χ0n) is 21.3. The summed E-state index contributed by atoms with van der Waals surface area (Å²) in [5, 5.41) is 3.13. The van der Waals surface area contributed by atoms with E-state index in [1.165, 1.54) is 19.3 Å². The number of piperidine rings is 1. The van der Waals surface area contributed by atoms with E-state index >= 15 is 0 Å². The molecule has 1 aromatic rings. The van der Waals surface area contributed by atoms with Crippen molar-refractivity contribution in [2.45, 2.75) is 76.8 Å². The molecule has 3 N–H and O–H groups in total. The van der Waals surface area contributed by atoms with Gasteiger partial charge in [-0.1, -0.05) is 12.1 Å². The highest BCUT2D eigenvalue weighted by atomic mass is 16.2. The standard InChI is InChI=1S/C29H40N4O3/c30-26(34)23-6-9-32(10-7-23)18-19-3-1-4-24(14-19)31-27(35)25-5-2-8-33(25)28(36)29-15-20-11-21(16-29)13-22(12-20)17-29/h1,3-4,14,20-23,25H,2,5-13,15-18H2,(H2,30,34)(H,31,35). The second-order valence-corrected chi connectivity index (χ2v) is 12.5. The Kier molecular flexibility index (Phi) is 6.30. The first-order valence-corrected chi connectivity index (χ1v) is 14.1. The number of nitrogens with two attached hydrogens (primary N) is 1. The number of benzene rings is 1. The summed E-state index contributed by atoms with van der Waals surface area (Å²) in [6.07, 6.45) is 10.3. The van der Waals surface area contributed by atoms with Gasteiger partial charge in [-0.15, -0.1) is 0 Å². The minimum atomic E-state index is -0.359. The van der Waals surface area contributed by atoms with Crippen molar-refractivity contribution < 1.29 is 14.4 Å². The normalized spacial score (nSPS) is 34.2. The molecule has 1 atom stereocenters. The van der Waals surface area contributed by atoms with Gasteiger partial charge in [-0.2, -0.15) is 0 Å². The van der Waals surface area contributed by atoms with Gasteiger partial charge >= 0.3 is 0 Å². The van der Waals surface area contributed by atoms with Crippen molar-refractivity contribution in [2.75, 3.05) is 25.0 Å². The average Bonchev–Trinajstić information content (AvgIpc) is 3.33. The molecule has 4 saturated carbocycles. The zero-order chi connectivity index (χ0) is 24.9. The fraction of sp³-hybridized carbons (Fsp3) is 0.690. The lowest BCUT2D eigenvalue weighted by atomic mass is 9.49. The molecule has 3 amide bonds. The number of nitrogens with one attached hydrogen (secondary N) is 1. The molecule has 7 nitrogen and oxygen atoms in total. The summed E-state index contributed by atoms with van der Waals surface area (Å²) in [5.41, 5.74) is 7.20. The molecule has 0 aromatic heterocycles. The smallest absolute Gasteiger partial charge is 0.247 e. The van der Waals surface area contributed by atoms with Crippen LogP contribution in [0, 0.1) is 29.1 Å². The predicted octanol–water partition coefficient (Wildman–Crippen LogP) is 3.53. The molecule has 6 fully saturated rings. The van der Waals surface area contributed by atoms with E-state index in [4.69, 9.17) is 5.73 Å². The molecule has 2 saturated heterocycles. The second kappa shape index (κ2) is 9.47. The average molecular weight is 493 g/mol. The highest BCUT2D eigenvalue weighted by Gasteiger charge is 2.56. The van der Waals surface area contributed by atoms with Crippen molar-refractivity contribution >= 4 is 23.4 Å². The minimum absolute atomic E-state index is 0.0117. The Hall–Kier alpha value is -2.41. The molecule has 4 bridgehead atoms. The van der Waals surface area contributed by atoms with Gasteiger partial charge in [0.2, 0.25) is 17.7 Å². The molecule has 2 heterocycles. The van der Waals surface area contributed by atoms with E-state index in [9.17, 15) is 14.4 Å². The summed E-state index contributed by atoms with van der Waals surface area (Å²) in [4.78, 5) is 43.0. The van der Waals surface area contributed by atoms with Crippen LogP contribution in [0.25, 0.3) is 0 Å². The molecule has 0 spiro atoms. The van der Waals surface area contributed by atoms with Crippen molar-refractivity contribution in [1.29, 1.82) is 0 Å². The molecule has 7 rings (SSSR count). The van der Waals surface area contributed by atoms with E-state index in [0.29, 0.717) is 6.54 Å². The molecule has 36 heavy (non-hydrogen) atoms. The van der Waals surface area contributed by atoms with Crippen molar-refractivity contribution in [3.63, 3.8) is 0 Å². The van der Waals surface area contributed by atoms with Gasteiger partial charge in [0.05, 0.1) is 5.41 Å². The summed E-state index contributed by atoms with van der Waals surface area (Å²) in [5.74, 6) is 2.18. The van der Waals surface area contributed by atoms with Gasteiger partial charge in [-0.25, -0.2) is 0 Å². The van der Waals surface area contributed by atoms with Gasteiger partial charge in [0.1, 0.15) is 6.04 Å². The summed E-state index contributed by atoms with van der Waals surface area (Å²) in [6, 6.07) is 7.67. The Balaban J connectivity index is 1.09. The summed E-state index contributed by atoms with van der Waals surface area (Å²) < 4.78 is 0. The van der Waals surface area contributed by atoms with Gasteiger partial charge in [0.15, 0.2) is 0 Å². The third-order valence-electron chi connectivity index (χ3n) is 9.90. The first kappa shape index (κ1) is 24.0. The van der Waals surface area contributed by atoms with Crippen molar-refractivity contribution in [2.24, 2.45) is 34.8 Å². The number of anilines is 1. The molecule has 1 unspecified atom stereocenters. The summed E-state index contributed by atoms with van der Waals surface area (Å²) in [6.45, 7) is 3.20. The van der Waals surface area contributed by atoms with Crippen molar-refractivity contribution in [3.8, 4) is 0 Å². The predicted molar refractivity (Wildman–Crippen MR) is 138 cm³/mol. The number of nitrogens with zero attached hydrogens (tertiary/aromatic N) is 2. The van der Waals surface area contributed by atoms with Gasteiger partial charge in [0.25, 0.3) is 0 Å². The highest BCUT2D eigenvalue weighted by molar-refractivity contribution is 5.98. The van der Waals surface area contributed by atoms with Crippen LogP contribution in [-0.4, -0.2) is 53.2 Å². The number of primary amides is 1. The Morgan fingerprint density at radius 1 is 0.944 bits per heavy atom. The van der Waals surface area contributed by atoms with E-state index in [2.05, 4.69) is 16.3 Å². The molecule has 0 radical (unpaired) electrons. The zero-order valence-corrected chi connectivity index (χ0v) is 21.3. The van der Waals surface area contributed by atoms with Crippen LogP contribution in [0.4, 0.5) is 5.69 Å². The van der Waals surface area contributed by atoms with Crippen LogP contribution in [-0.2, 0) is 20.9 Å². The first-order chi connectivity index (χ1) is 17.4. The number of carbonyl (C=O) groups excluding carboxylic acids is 3. The first-order valence-electron chi connectivity index (χ1n) is 14.1. The molecular formula is C29H40N4O3. The fourth-order valence-corrected chi connectivity index (χ4v) is 8.57. The monoisotopic (exact) mass is 492 g/mol. The van der Waals surface area contributed by atoms with Crippen LogP contribution in [0.5, 0.6) is 0 Å². The van der Waals surface area contributed by atoms with Crippen LogP contribution in [0.2, 0.25) is 0 Å². The Morgan fingerprint density at radius 3 is 2.25 bits per heavy atom. The minimum Gasteiger partial charge on any atom is -0.369 e. The summed E-state index contributed by atoms with van der Waals surface area (Å²) >= 11 is 0. The SMILES string of the molecule is NC(=O)C1CCN(Cc2cccc(NC(=O)C3CCCN3C(=O)C34CC5CC(CC(C5)C3)C4)c2)CC1. The lowest BCUT2D eigenvalue weighted by molar-refractivity contribution is -0.160. The van der Waals surface area contributed by atoms with E-state index in [1.54, 1.807) is 0 Å². The summed E-state index contributed by atoms with van der Waals surface area (Å²) in [7, 11) is 0. The largest absolute Gasteiger partial charge is 0.369 e. The number of hydrogen-bond acceptors (Lipinski definition) is 4. The van der Waals surface area contributed by atoms with Gasteiger partial charge < -0.3 is 16.0 Å². The molecule has 2 aliphatic heterocycles. The van der Waals surface area contributed by atoms with E-state index in [0.717, 1.165) is 93.6 Å². The highest BCUT2D eigenvalue weighted by Crippen LogP contribution is 2.60. The van der Waals surface area contributed by atoms with Crippen LogP contribution in [0.1, 0.15) is 69.8 Å². The van der Waals surface area contributed by atoms with Gasteiger partial charge in [-0.05, 0) is 113 Å². The maximum absolute atomic E-state index is 13.9. The van der Waals surface area contributed by atoms with Gasteiger partial charge in [0, 0.05) is 24.7 Å². The van der Waals surface area contributed by atoms with E-state index in [-0.39, 0.29) is 35.1 Å². The molecule has 194 valence electrons. The third-order valence-corrected chi connectivity index (χ3v) is 9.90. The van der Waals surface area contributed by atoms with Crippen LogP contribution >= 0.6 is 0 Å². The molecule has 4 aliphatic carbocycles. The number of amides is 3. The molecular weight excluding hydrogens is 452 g/mol. The number of hydrogen-bond donors (Lipinski definition) is 2. The van der Waals surface area contributed by atoms with Crippen molar-refractivity contribution in [3.05, 3.63) is 29.8 Å². The third kappa shape index (κ3) is 4.55. The van der Waals surface area contributed by atoms with Crippen molar-refractivity contribution in [1.82, 2.24) is 9.80 Å². The Labute approximate surface area is 214 Å². The molecule has 7 heteroatoms. The van der Waals surface area contributed by atoms with Crippen LogP contribution in [0.3, 0.4) is 0 Å². The molecule has 1 aromatic carbocycles. The number of rotatable bonds is 6. The Morgan fingerprint density at radius 2 is 1.61 bits per heavy atom. The van der Waals surface area contributed by atoms with Crippen LogP contribution < -0.4 is 11.1 Å². The van der Waals surface area contributed by atoms with Gasteiger partial charge in [-0.3, -0.25) is 19.3 Å². The maximum Gasteiger partial charge on any atom is 0.247 e. The maximum atomic E-state index is 13.9.